The van der Waals surface area contributed by atoms with Gasteiger partial charge in [0.1, 0.15) is 5.76 Å². The lowest BCUT2D eigenvalue weighted by Gasteiger charge is -2.09. The smallest absolute Gasteiger partial charge is 0.118 e. The van der Waals surface area contributed by atoms with E-state index in [9.17, 15) is 0 Å². The van der Waals surface area contributed by atoms with Crippen LogP contribution in [0, 0.1) is 6.92 Å². The van der Waals surface area contributed by atoms with Crippen LogP contribution >= 0.6 is 0 Å². The van der Waals surface area contributed by atoms with E-state index in [1.165, 1.54) is 56.1 Å². The molecule has 1 aromatic rings. The van der Waals surface area contributed by atoms with Crippen molar-refractivity contribution < 1.29 is 4.74 Å². The molecule has 1 nitrogen and oxygen atoms in total. The van der Waals surface area contributed by atoms with E-state index in [1.54, 1.807) is 12.7 Å². The predicted molar refractivity (Wildman–Crippen MR) is 128 cm³/mol. The molecule has 156 valence electrons. The van der Waals surface area contributed by atoms with Gasteiger partial charge in [-0.1, -0.05) is 94.7 Å². The molecular weight excluding hydrogens is 340 g/mol. The summed E-state index contributed by atoms with van der Waals surface area (Å²) >= 11 is 0. The summed E-state index contributed by atoms with van der Waals surface area (Å²) in [6.07, 6.45) is 16.0. The summed E-state index contributed by atoms with van der Waals surface area (Å²) in [6, 6.07) is 6.13. The Bertz CT molecular complexity index is 644. The van der Waals surface area contributed by atoms with Gasteiger partial charge in [-0.05, 0) is 56.7 Å². The second-order valence-corrected chi connectivity index (χ2v) is 7.30. The fraction of sp³-hybridized carbons (Fsp3) is 0.481. The van der Waals surface area contributed by atoms with Crippen molar-refractivity contribution in [3.8, 4) is 0 Å². The van der Waals surface area contributed by atoms with Crippen molar-refractivity contribution in [2.24, 2.45) is 0 Å². The summed E-state index contributed by atoms with van der Waals surface area (Å²) < 4.78 is 5.09. The third-order valence-electron chi connectivity index (χ3n) is 4.66. The second kappa shape index (κ2) is 16.0. The lowest BCUT2D eigenvalue weighted by atomic mass is 9.99. The second-order valence-electron chi connectivity index (χ2n) is 7.30. The first kappa shape index (κ1) is 26.0. The SMILES string of the molecule is C=C(OC)c1ccc(C)c(C(=C)C)c1.CCCC.CCCCC1=CCCC=C1. The summed E-state index contributed by atoms with van der Waals surface area (Å²) in [7, 11) is 1.63. The largest absolute Gasteiger partial charge is 0.497 e. The van der Waals surface area contributed by atoms with Crippen LogP contribution < -0.4 is 0 Å². The normalized spacial score (nSPS) is 12.0. The standard InChI is InChI=1S/C13H16O.C10H16.C4H10/c1-9(2)13-8-12(11(4)14-5)7-6-10(13)3;1-2-3-7-10-8-5-4-6-9-10;1-3-4-2/h6-8H,1,4H2,2-3,5H3;5,8-9H,2-4,6-7H2,1H3;3-4H2,1-2H3. The number of hydrogen-bond donors (Lipinski definition) is 0. The third kappa shape index (κ3) is 11.0. The zero-order valence-electron chi connectivity index (χ0n) is 19.2. The highest BCUT2D eigenvalue weighted by atomic mass is 16.5. The predicted octanol–water partition coefficient (Wildman–Crippen LogP) is 8.90. The number of aryl methyl sites for hydroxylation is 1. The van der Waals surface area contributed by atoms with Crippen LogP contribution in [0.5, 0.6) is 0 Å². The molecule has 1 aliphatic carbocycles. The fourth-order valence-corrected chi connectivity index (χ4v) is 2.61. The molecule has 0 amide bonds. The van der Waals surface area contributed by atoms with Crippen LogP contribution in [0.15, 0.2) is 55.2 Å². The Balaban J connectivity index is 0.000000454. The molecule has 1 aliphatic rings. The van der Waals surface area contributed by atoms with Gasteiger partial charge >= 0.3 is 0 Å². The van der Waals surface area contributed by atoms with Crippen LogP contribution in [0.4, 0.5) is 0 Å². The first-order valence-electron chi connectivity index (χ1n) is 10.8. The molecule has 0 saturated carbocycles. The molecule has 1 heteroatoms. The van der Waals surface area contributed by atoms with Gasteiger partial charge in [0.25, 0.3) is 0 Å². The van der Waals surface area contributed by atoms with E-state index in [4.69, 9.17) is 4.74 Å². The van der Waals surface area contributed by atoms with Crippen LogP contribution in [0.3, 0.4) is 0 Å². The van der Waals surface area contributed by atoms with Crippen molar-refractivity contribution in [3.05, 3.63) is 71.8 Å². The molecule has 0 bridgehead atoms. The summed E-state index contributed by atoms with van der Waals surface area (Å²) in [5.41, 5.74) is 6.02. The molecule has 0 atom stereocenters. The monoisotopic (exact) mass is 382 g/mol. The average Bonchev–Trinajstić information content (AvgIpc) is 2.73. The van der Waals surface area contributed by atoms with E-state index in [0.717, 1.165) is 11.1 Å². The van der Waals surface area contributed by atoms with Crippen molar-refractivity contribution in [3.63, 3.8) is 0 Å². The number of hydrogen-bond acceptors (Lipinski definition) is 1. The van der Waals surface area contributed by atoms with E-state index < -0.39 is 0 Å². The van der Waals surface area contributed by atoms with Gasteiger partial charge in [-0.2, -0.15) is 0 Å². The number of ether oxygens (including phenoxy) is 1. The maximum atomic E-state index is 5.09. The van der Waals surface area contributed by atoms with E-state index in [-0.39, 0.29) is 0 Å². The Hall–Kier alpha value is -2.02. The number of unbranched alkanes of at least 4 members (excludes halogenated alkanes) is 2. The van der Waals surface area contributed by atoms with Gasteiger partial charge in [0, 0.05) is 5.56 Å². The van der Waals surface area contributed by atoms with Crippen molar-refractivity contribution >= 4 is 11.3 Å². The summed E-state index contributed by atoms with van der Waals surface area (Å²) in [6.45, 7) is 18.4. The zero-order valence-corrected chi connectivity index (χ0v) is 19.2. The van der Waals surface area contributed by atoms with Crippen molar-refractivity contribution in [2.45, 2.75) is 79.6 Å². The summed E-state index contributed by atoms with van der Waals surface area (Å²) in [5, 5.41) is 0. The Morgan fingerprint density at radius 1 is 1.04 bits per heavy atom. The van der Waals surface area contributed by atoms with Crippen LogP contribution in [0.25, 0.3) is 11.3 Å². The number of benzene rings is 1. The fourth-order valence-electron chi connectivity index (χ4n) is 2.61. The van der Waals surface area contributed by atoms with Gasteiger partial charge in [-0.15, -0.1) is 0 Å². The maximum absolute atomic E-state index is 5.09. The summed E-state index contributed by atoms with van der Waals surface area (Å²) in [4.78, 5) is 0. The van der Waals surface area contributed by atoms with E-state index in [2.05, 4.69) is 71.2 Å². The van der Waals surface area contributed by atoms with Crippen LogP contribution in [-0.4, -0.2) is 7.11 Å². The minimum Gasteiger partial charge on any atom is -0.497 e. The third-order valence-corrected chi connectivity index (χ3v) is 4.66. The molecular formula is C27H42O. The highest BCUT2D eigenvalue weighted by Gasteiger charge is 2.03. The molecule has 0 fully saturated rings. The Morgan fingerprint density at radius 3 is 2.18 bits per heavy atom. The van der Waals surface area contributed by atoms with Gasteiger partial charge in [-0.25, -0.2) is 0 Å². The first-order chi connectivity index (χ1) is 13.4. The lowest BCUT2D eigenvalue weighted by Crippen LogP contribution is -1.90. The van der Waals surface area contributed by atoms with Crippen LogP contribution in [0.2, 0.25) is 0 Å². The van der Waals surface area contributed by atoms with Crippen LogP contribution in [-0.2, 0) is 4.74 Å². The van der Waals surface area contributed by atoms with Crippen molar-refractivity contribution in [2.75, 3.05) is 7.11 Å². The van der Waals surface area contributed by atoms with E-state index in [1.807, 2.05) is 13.0 Å². The van der Waals surface area contributed by atoms with Gasteiger partial charge in [0.15, 0.2) is 0 Å². The Labute approximate surface area is 174 Å². The quantitative estimate of drug-likeness (QED) is 0.428. The molecule has 0 N–H and O–H groups in total. The molecule has 0 aliphatic heterocycles. The van der Waals surface area contributed by atoms with E-state index in [0.29, 0.717) is 5.76 Å². The molecule has 0 spiro atoms. The highest BCUT2D eigenvalue weighted by Crippen LogP contribution is 2.22. The lowest BCUT2D eigenvalue weighted by molar-refractivity contribution is 0.371. The minimum atomic E-state index is 0.688. The van der Waals surface area contributed by atoms with Crippen molar-refractivity contribution in [1.82, 2.24) is 0 Å². The molecule has 0 saturated heterocycles. The highest BCUT2D eigenvalue weighted by molar-refractivity contribution is 5.69. The molecule has 2 rings (SSSR count). The van der Waals surface area contributed by atoms with Crippen LogP contribution in [0.1, 0.15) is 89.3 Å². The Morgan fingerprint density at radius 2 is 1.71 bits per heavy atom. The first-order valence-corrected chi connectivity index (χ1v) is 10.8. The minimum absolute atomic E-state index is 0.688. The van der Waals surface area contributed by atoms with Gasteiger partial charge in [0.05, 0.1) is 7.11 Å². The topological polar surface area (TPSA) is 9.23 Å². The number of allylic oxidation sites excluding steroid dienone is 5. The average molecular weight is 383 g/mol. The number of rotatable bonds is 7. The molecule has 0 radical (unpaired) electrons. The Kier molecular flexibility index (Phi) is 14.8. The van der Waals surface area contributed by atoms with Gasteiger partial charge in [-0.3, -0.25) is 0 Å². The van der Waals surface area contributed by atoms with Gasteiger partial charge in [0.2, 0.25) is 0 Å². The van der Waals surface area contributed by atoms with Crippen molar-refractivity contribution in [1.29, 1.82) is 0 Å². The molecule has 0 heterocycles. The molecule has 1 aromatic carbocycles. The summed E-state index contributed by atoms with van der Waals surface area (Å²) in [5.74, 6) is 0.688. The van der Waals surface area contributed by atoms with E-state index >= 15 is 0 Å². The molecule has 0 unspecified atom stereocenters. The number of methoxy groups -OCH3 is 1. The molecule has 28 heavy (non-hydrogen) atoms. The zero-order chi connectivity index (χ0) is 21.4. The maximum Gasteiger partial charge on any atom is 0.118 e. The van der Waals surface area contributed by atoms with Gasteiger partial charge < -0.3 is 4.74 Å². The molecule has 0 aromatic heterocycles.